The number of pyridine rings is 1. The highest BCUT2D eigenvalue weighted by atomic mass is 19.1. The fraction of sp³-hybridized carbons (Fsp3) is 0.286. The van der Waals surface area contributed by atoms with Crippen LogP contribution >= 0.6 is 0 Å². The molecule has 0 spiro atoms. The van der Waals surface area contributed by atoms with Gasteiger partial charge in [-0.25, -0.2) is 9.37 Å². The Labute approximate surface area is 59.3 Å². The number of anilines is 1. The molecule has 0 aromatic carbocycles. The van der Waals surface area contributed by atoms with Gasteiger partial charge in [-0.3, -0.25) is 0 Å². The molecule has 0 aliphatic heterocycles. The first-order chi connectivity index (χ1) is 4.72. The first-order valence-corrected chi connectivity index (χ1v) is 2.99. The molecule has 0 unspecified atom stereocenters. The molecule has 0 saturated heterocycles. The number of hydrogen-bond acceptors (Lipinski definition) is 2. The van der Waals surface area contributed by atoms with Crippen molar-refractivity contribution in [2.75, 3.05) is 19.0 Å². The van der Waals surface area contributed by atoms with Crippen LogP contribution in [-0.4, -0.2) is 19.1 Å². The Morgan fingerprint density at radius 2 is 2.20 bits per heavy atom. The summed E-state index contributed by atoms with van der Waals surface area (Å²) in [5, 5.41) is 0. The highest BCUT2D eigenvalue weighted by molar-refractivity contribution is 5.36. The Morgan fingerprint density at radius 3 is 2.60 bits per heavy atom. The van der Waals surface area contributed by atoms with Crippen LogP contribution in [0.2, 0.25) is 0 Å². The molecule has 0 amide bonds. The van der Waals surface area contributed by atoms with Crippen LogP contribution in [0.5, 0.6) is 0 Å². The van der Waals surface area contributed by atoms with Crippen molar-refractivity contribution in [3.8, 4) is 0 Å². The highest BCUT2D eigenvalue weighted by Crippen LogP contribution is 2.10. The zero-order valence-corrected chi connectivity index (χ0v) is 6.00. The minimum absolute atomic E-state index is 0.285. The smallest absolute Gasteiger partial charge is 0.165 e. The molecule has 0 saturated carbocycles. The fourth-order valence-electron chi connectivity index (χ4n) is 0.706. The third-order valence-electron chi connectivity index (χ3n) is 1.16. The molecule has 3 heteroatoms. The number of nitrogens with zero attached hydrogens (tertiary/aromatic N) is 2. The van der Waals surface area contributed by atoms with Crippen LogP contribution in [0.3, 0.4) is 0 Å². The molecule has 0 fully saturated rings. The second-order valence-corrected chi connectivity index (χ2v) is 2.20. The Morgan fingerprint density at radius 1 is 1.50 bits per heavy atom. The van der Waals surface area contributed by atoms with E-state index in [-0.39, 0.29) is 5.82 Å². The molecule has 2 nitrogen and oxygen atoms in total. The van der Waals surface area contributed by atoms with Crippen LogP contribution < -0.4 is 4.90 Å². The van der Waals surface area contributed by atoms with E-state index >= 15 is 0 Å². The van der Waals surface area contributed by atoms with E-state index in [1.165, 1.54) is 6.07 Å². The van der Waals surface area contributed by atoms with Gasteiger partial charge in [-0.2, -0.15) is 0 Å². The number of halogens is 1. The maximum absolute atomic E-state index is 12.7. The summed E-state index contributed by atoms with van der Waals surface area (Å²) < 4.78 is 12.7. The molecule has 0 N–H and O–H groups in total. The van der Waals surface area contributed by atoms with Gasteiger partial charge < -0.3 is 4.90 Å². The molecule has 0 atom stereocenters. The Bertz CT molecular complexity index is 223. The molecule has 0 bridgehead atoms. The van der Waals surface area contributed by atoms with Crippen molar-refractivity contribution in [2.45, 2.75) is 0 Å². The Balaban J connectivity index is 3.03. The molecule has 0 aliphatic carbocycles. The predicted octanol–water partition coefficient (Wildman–Crippen LogP) is 1.29. The van der Waals surface area contributed by atoms with Gasteiger partial charge in [0.1, 0.15) is 0 Å². The van der Waals surface area contributed by atoms with Crippen LogP contribution in [0, 0.1) is 5.82 Å². The van der Waals surface area contributed by atoms with Crippen molar-refractivity contribution in [1.29, 1.82) is 0 Å². The molecule has 1 aromatic heterocycles. The lowest BCUT2D eigenvalue weighted by Gasteiger charge is -2.10. The van der Waals surface area contributed by atoms with Crippen LogP contribution in [0.4, 0.5) is 10.2 Å². The topological polar surface area (TPSA) is 16.1 Å². The summed E-state index contributed by atoms with van der Waals surface area (Å²) in [5.41, 5.74) is 0. The van der Waals surface area contributed by atoms with Gasteiger partial charge in [0.05, 0.1) is 0 Å². The third kappa shape index (κ3) is 1.23. The van der Waals surface area contributed by atoms with E-state index in [1.807, 2.05) is 0 Å². The second-order valence-electron chi connectivity index (χ2n) is 2.20. The quantitative estimate of drug-likeness (QED) is 0.584. The van der Waals surface area contributed by atoms with Gasteiger partial charge in [-0.15, -0.1) is 0 Å². The Kier molecular flexibility index (Phi) is 1.85. The zero-order valence-electron chi connectivity index (χ0n) is 6.00. The average Bonchev–Trinajstić information content (AvgIpc) is 1.88. The van der Waals surface area contributed by atoms with Crippen molar-refractivity contribution >= 4 is 5.82 Å². The van der Waals surface area contributed by atoms with Gasteiger partial charge in [0.25, 0.3) is 0 Å². The molecule has 1 aromatic rings. The van der Waals surface area contributed by atoms with Crippen LogP contribution in [0.15, 0.2) is 18.3 Å². The van der Waals surface area contributed by atoms with Crippen LogP contribution in [0.25, 0.3) is 0 Å². The molecule has 1 rings (SSSR count). The van der Waals surface area contributed by atoms with Gasteiger partial charge >= 0.3 is 0 Å². The van der Waals surface area contributed by atoms with Gasteiger partial charge in [0, 0.05) is 20.3 Å². The van der Waals surface area contributed by atoms with Crippen molar-refractivity contribution in [1.82, 2.24) is 4.98 Å². The van der Waals surface area contributed by atoms with Gasteiger partial charge in [-0.05, 0) is 12.1 Å². The molecular weight excluding hydrogens is 131 g/mol. The van der Waals surface area contributed by atoms with E-state index in [1.54, 1.807) is 31.3 Å². The number of rotatable bonds is 1. The van der Waals surface area contributed by atoms with Crippen LogP contribution in [0.1, 0.15) is 0 Å². The lowest BCUT2D eigenvalue weighted by atomic mass is 10.4. The van der Waals surface area contributed by atoms with Gasteiger partial charge in [0.15, 0.2) is 11.6 Å². The van der Waals surface area contributed by atoms with Crippen molar-refractivity contribution in [3.63, 3.8) is 0 Å². The normalized spacial score (nSPS) is 9.50. The summed E-state index contributed by atoms with van der Waals surface area (Å²) in [6.45, 7) is 0. The zero-order chi connectivity index (χ0) is 7.56. The first kappa shape index (κ1) is 6.99. The molecule has 0 aliphatic rings. The van der Waals surface area contributed by atoms with E-state index in [4.69, 9.17) is 0 Å². The minimum atomic E-state index is -0.285. The SMILES string of the molecule is CN(C)c1ncccc1F. The highest BCUT2D eigenvalue weighted by Gasteiger charge is 2.01. The number of aromatic nitrogens is 1. The van der Waals surface area contributed by atoms with E-state index in [2.05, 4.69) is 4.98 Å². The largest absolute Gasteiger partial charge is 0.360 e. The van der Waals surface area contributed by atoms with Gasteiger partial charge in [0.2, 0.25) is 0 Å². The second kappa shape index (κ2) is 2.64. The standard InChI is InChI=1S/C7H9FN2/c1-10(2)7-6(8)4-3-5-9-7/h3-5H,1-2H3. The summed E-state index contributed by atoms with van der Waals surface area (Å²) in [4.78, 5) is 5.46. The first-order valence-electron chi connectivity index (χ1n) is 2.99. The maximum atomic E-state index is 12.7. The van der Waals surface area contributed by atoms with Crippen molar-refractivity contribution in [2.24, 2.45) is 0 Å². The molecule has 0 radical (unpaired) electrons. The summed E-state index contributed by atoms with van der Waals surface area (Å²) in [6.07, 6.45) is 1.57. The lowest BCUT2D eigenvalue weighted by Crippen LogP contribution is -2.12. The summed E-state index contributed by atoms with van der Waals surface area (Å²) in [7, 11) is 3.51. The fourth-order valence-corrected chi connectivity index (χ4v) is 0.706. The molecule has 10 heavy (non-hydrogen) atoms. The maximum Gasteiger partial charge on any atom is 0.165 e. The lowest BCUT2D eigenvalue weighted by molar-refractivity contribution is 0.619. The van der Waals surface area contributed by atoms with Crippen molar-refractivity contribution in [3.05, 3.63) is 24.1 Å². The van der Waals surface area contributed by atoms with E-state index in [9.17, 15) is 4.39 Å². The molecule has 1 heterocycles. The summed E-state index contributed by atoms with van der Waals surface area (Å²) in [5.74, 6) is 0.0926. The molecular formula is C7H9FN2. The summed E-state index contributed by atoms with van der Waals surface area (Å²) >= 11 is 0. The minimum Gasteiger partial charge on any atom is -0.360 e. The van der Waals surface area contributed by atoms with E-state index in [0.717, 1.165) is 0 Å². The van der Waals surface area contributed by atoms with E-state index < -0.39 is 0 Å². The summed E-state index contributed by atoms with van der Waals surface area (Å²) in [6, 6.07) is 2.96. The predicted molar refractivity (Wildman–Crippen MR) is 38.5 cm³/mol. The van der Waals surface area contributed by atoms with E-state index in [0.29, 0.717) is 5.82 Å². The molecule has 54 valence electrons. The van der Waals surface area contributed by atoms with Gasteiger partial charge in [-0.1, -0.05) is 0 Å². The number of hydrogen-bond donors (Lipinski definition) is 0. The average molecular weight is 140 g/mol. The monoisotopic (exact) mass is 140 g/mol. The Hall–Kier alpha value is -1.12. The van der Waals surface area contributed by atoms with Crippen LogP contribution in [-0.2, 0) is 0 Å². The van der Waals surface area contributed by atoms with Crippen molar-refractivity contribution < 1.29 is 4.39 Å². The third-order valence-corrected chi connectivity index (χ3v) is 1.16.